The van der Waals surface area contributed by atoms with Gasteiger partial charge in [-0.3, -0.25) is 9.79 Å². The van der Waals surface area contributed by atoms with Gasteiger partial charge in [-0.2, -0.15) is 0 Å². The second kappa shape index (κ2) is 7.76. The van der Waals surface area contributed by atoms with E-state index in [4.69, 9.17) is 10.7 Å². The maximum Gasteiger partial charge on any atom is 0.250 e. The van der Waals surface area contributed by atoms with E-state index in [0.29, 0.717) is 17.9 Å². The molecule has 0 aromatic heterocycles. The Hall–Kier alpha value is -3.44. The molecular weight excluding hydrogens is 372 g/mol. The van der Waals surface area contributed by atoms with Crippen LogP contribution < -0.4 is 16.4 Å². The van der Waals surface area contributed by atoms with Crippen LogP contribution in [0, 0.1) is 0 Å². The zero-order chi connectivity index (χ0) is 20.5. The van der Waals surface area contributed by atoms with Crippen LogP contribution in [-0.4, -0.2) is 30.8 Å². The number of amides is 1. The van der Waals surface area contributed by atoms with E-state index < -0.39 is 5.91 Å². The lowest BCUT2D eigenvalue weighted by Gasteiger charge is -2.20. The van der Waals surface area contributed by atoms with Crippen LogP contribution in [0.2, 0.25) is 0 Å². The lowest BCUT2D eigenvalue weighted by molar-refractivity contribution is 0.100. The summed E-state index contributed by atoms with van der Waals surface area (Å²) in [7, 11) is 0. The smallest absolute Gasteiger partial charge is 0.250 e. The molecular formula is C25H24N4O. The highest BCUT2D eigenvalue weighted by atomic mass is 16.1. The molecule has 2 aliphatic heterocycles. The van der Waals surface area contributed by atoms with Gasteiger partial charge in [-0.25, -0.2) is 0 Å². The van der Waals surface area contributed by atoms with Crippen molar-refractivity contribution < 1.29 is 4.79 Å². The van der Waals surface area contributed by atoms with Crippen molar-refractivity contribution in [2.45, 2.75) is 18.4 Å². The van der Waals surface area contributed by atoms with Gasteiger partial charge in [0.25, 0.3) is 5.91 Å². The van der Waals surface area contributed by atoms with Crippen LogP contribution in [0.4, 0.5) is 5.69 Å². The Labute approximate surface area is 175 Å². The number of carbonyl (C=O) groups excluding carboxylic acids is 1. The Bertz CT molecular complexity index is 1180. The van der Waals surface area contributed by atoms with E-state index in [9.17, 15) is 4.79 Å². The van der Waals surface area contributed by atoms with E-state index in [-0.39, 0.29) is 6.04 Å². The van der Waals surface area contributed by atoms with Gasteiger partial charge in [-0.1, -0.05) is 60.7 Å². The fourth-order valence-electron chi connectivity index (χ4n) is 4.59. The predicted octanol–water partition coefficient (Wildman–Crippen LogP) is 3.81. The molecule has 1 amide bonds. The molecule has 0 aliphatic carbocycles. The Morgan fingerprint density at radius 1 is 1.00 bits per heavy atom. The molecule has 2 aliphatic rings. The molecule has 0 unspecified atom stereocenters. The van der Waals surface area contributed by atoms with Gasteiger partial charge >= 0.3 is 0 Å². The standard InChI is InChI=1S/C25H24N4O/c26-25(30)20-11-4-10-19-22(12-5-13-28-24(19)20)29-23-15-27-14-21(23)18-9-3-7-16-6-1-2-8-17(16)18/h1-11,13,21,23,27-28H,12,14-15H2,(H2,26,30)/t21-,23+/m0/s1. The van der Waals surface area contributed by atoms with Crippen molar-refractivity contribution in [2.75, 3.05) is 18.4 Å². The van der Waals surface area contributed by atoms with E-state index in [0.717, 1.165) is 30.1 Å². The molecule has 0 saturated carbocycles. The Balaban J connectivity index is 1.57. The first-order chi connectivity index (χ1) is 14.7. The van der Waals surface area contributed by atoms with Crippen LogP contribution >= 0.6 is 0 Å². The number of carbonyl (C=O) groups is 1. The summed E-state index contributed by atoms with van der Waals surface area (Å²) in [6, 6.07) is 20.8. The summed E-state index contributed by atoms with van der Waals surface area (Å²) in [6.45, 7) is 1.73. The van der Waals surface area contributed by atoms with Crippen molar-refractivity contribution in [1.82, 2.24) is 5.32 Å². The summed E-state index contributed by atoms with van der Waals surface area (Å²) in [4.78, 5) is 17.1. The fourth-order valence-corrected chi connectivity index (χ4v) is 4.59. The van der Waals surface area contributed by atoms with Gasteiger partial charge in [0, 0.05) is 36.7 Å². The number of rotatable bonds is 3. The number of aliphatic imine (C=N–C) groups is 1. The van der Waals surface area contributed by atoms with Gasteiger partial charge < -0.3 is 16.4 Å². The first-order valence-electron chi connectivity index (χ1n) is 10.3. The minimum absolute atomic E-state index is 0.127. The first kappa shape index (κ1) is 18.6. The van der Waals surface area contributed by atoms with E-state index in [1.165, 1.54) is 16.3 Å². The first-order valence-corrected chi connectivity index (χ1v) is 10.3. The number of fused-ring (bicyclic) bond motifs is 2. The summed E-state index contributed by atoms with van der Waals surface area (Å²) >= 11 is 0. The summed E-state index contributed by atoms with van der Waals surface area (Å²) < 4.78 is 0. The number of primary amides is 1. The highest BCUT2D eigenvalue weighted by Crippen LogP contribution is 2.33. The SMILES string of the molecule is NC(=O)c1cccc2c1NC=CCC2=N[C@@H]1CNC[C@H]1c1cccc2ccccc12. The van der Waals surface area contributed by atoms with E-state index in [2.05, 4.69) is 53.1 Å². The highest BCUT2D eigenvalue weighted by molar-refractivity contribution is 6.11. The van der Waals surface area contributed by atoms with Crippen LogP contribution in [0.25, 0.3) is 10.8 Å². The van der Waals surface area contributed by atoms with E-state index in [1.54, 1.807) is 6.07 Å². The molecule has 30 heavy (non-hydrogen) atoms. The number of allylic oxidation sites excluding steroid dienone is 1. The Morgan fingerprint density at radius 3 is 2.73 bits per heavy atom. The van der Waals surface area contributed by atoms with Crippen molar-refractivity contribution in [3.05, 3.63) is 89.6 Å². The molecule has 4 N–H and O–H groups in total. The Kier molecular flexibility index (Phi) is 4.81. The minimum atomic E-state index is -0.440. The zero-order valence-electron chi connectivity index (χ0n) is 16.6. The maximum atomic E-state index is 11.9. The molecule has 1 fully saturated rings. The molecule has 0 spiro atoms. The zero-order valence-corrected chi connectivity index (χ0v) is 16.6. The summed E-state index contributed by atoms with van der Waals surface area (Å²) in [6.07, 6.45) is 4.61. The quantitative estimate of drug-likeness (QED) is 0.630. The van der Waals surface area contributed by atoms with Gasteiger partial charge in [-0.15, -0.1) is 0 Å². The molecule has 5 rings (SSSR count). The number of benzene rings is 3. The summed E-state index contributed by atoms with van der Waals surface area (Å²) in [5.41, 5.74) is 10.1. The molecule has 2 heterocycles. The van der Waals surface area contributed by atoms with Gasteiger partial charge in [0.05, 0.1) is 17.3 Å². The minimum Gasteiger partial charge on any atom is -0.366 e. The number of nitrogens with one attached hydrogen (secondary N) is 2. The third kappa shape index (κ3) is 3.27. The number of hydrogen-bond donors (Lipinski definition) is 3. The molecule has 5 nitrogen and oxygen atoms in total. The summed E-state index contributed by atoms with van der Waals surface area (Å²) in [5, 5.41) is 9.29. The van der Waals surface area contributed by atoms with Crippen LogP contribution in [0.5, 0.6) is 0 Å². The topological polar surface area (TPSA) is 79.5 Å². The summed E-state index contributed by atoms with van der Waals surface area (Å²) in [5.74, 6) is -0.142. The number of hydrogen-bond acceptors (Lipinski definition) is 4. The van der Waals surface area contributed by atoms with Gasteiger partial charge in [0.15, 0.2) is 0 Å². The number of anilines is 1. The van der Waals surface area contributed by atoms with Crippen molar-refractivity contribution in [2.24, 2.45) is 10.7 Å². The molecule has 150 valence electrons. The van der Waals surface area contributed by atoms with Gasteiger partial charge in [0.1, 0.15) is 0 Å². The van der Waals surface area contributed by atoms with Crippen molar-refractivity contribution >= 4 is 28.1 Å². The average Bonchev–Trinajstić information content (AvgIpc) is 3.13. The molecule has 3 aromatic carbocycles. The molecule has 0 bridgehead atoms. The van der Waals surface area contributed by atoms with Crippen LogP contribution in [0.3, 0.4) is 0 Å². The molecule has 1 saturated heterocycles. The second-order valence-corrected chi connectivity index (χ2v) is 7.82. The van der Waals surface area contributed by atoms with E-state index >= 15 is 0 Å². The third-order valence-electron chi connectivity index (χ3n) is 6.02. The molecule has 3 aromatic rings. The lowest BCUT2D eigenvalue weighted by atomic mass is 9.90. The van der Waals surface area contributed by atoms with Crippen molar-refractivity contribution in [3.63, 3.8) is 0 Å². The predicted molar refractivity (Wildman–Crippen MR) is 122 cm³/mol. The lowest BCUT2D eigenvalue weighted by Crippen LogP contribution is -2.19. The van der Waals surface area contributed by atoms with Crippen LogP contribution in [-0.2, 0) is 0 Å². The Morgan fingerprint density at radius 2 is 1.83 bits per heavy atom. The van der Waals surface area contributed by atoms with Crippen LogP contribution in [0.15, 0.2) is 77.9 Å². The van der Waals surface area contributed by atoms with E-state index in [1.807, 2.05) is 24.4 Å². The van der Waals surface area contributed by atoms with Gasteiger partial charge in [-0.05, 0) is 28.6 Å². The maximum absolute atomic E-state index is 11.9. The highest BCUT2D eigenvalue weighted by Gasteiger charge is 2.30. The van der Waals surface area contributed by atoms with Crippen molar-refractivity contribution in [3.8, 4) is 0 Å². The number of nitrogens with two attached hydrogens (primary N) is 1. The largest absolute Gasteiger partial charge is 0.366 e. The van der Waals surface area contributed by atoms with Crippen LogP contribution in [0.1, 0.15) is 33.8 Å². The normalized spacial score (nSPS) is 21.9. The average molecular weight is 396 g/mol. The monoisotopic (exact) mass is 396 g/mol. The third-order valence-corrected chi connectivity index (χ3v) is 6.02. The van der Waals surface area contributed by atoms with Gasteiger partial charge in [0.2, 0.25) is 0 Å². The molecule has 2 atom stereocenters. The molecule has 5 heteroatoms. The molecule has 0 radical (unpaired) electrons. The van der Waals surface area contributed by atoms with Crippen molar-refractivity contribution in [1.29, 1.82) is 0 Å². The second-order valence-electron chi connectivity index (χ2n) is 7.82. The number of para-hydroxylation sites is 1. The fraction of sp³-hybridized carbons (Fsp3) is 0.200. The number of nitrogens with zero attached hydrogens (tertiary/aromatic N) is 1.